The fourth-order valence-electron chi connectivity index (χ4n) is 2.89. The van der Waals surface area contributed by atoms with Crippen LogP contribution in [-0.2, 0) is 0 Å². The van der Waals surface area contributed by atoms with Crippen LogP contribution in [0.5, 0.6) is 0 Å². The molecule has 0 spiro atoms. The van der Waals surface area contributed by atoms with Gasteiger partial charge in [-0.1, -0.05) is 12.1 Å². The maximum Gasteiger partial charge on any atom is 0.256 e. The topological polar surface area (TPSA) is 111 Å². The Bertz CT molecular complexity index is 1160. The number of amides is 1. The van der Waals surface area contributed by atoms with E-state index in [0.717, 1.165) is 11.4 Å². The van der Waals surface area contributed by atoms with E-state index in [1.807, 2.05) is 36.6 Å². The summed E-state index contributed by atoms with van der Waals surface area (Å²) in [6.07, 6.45) is 6.44. The van der Waals surface area contributed by atoms with E-state index in [-0.39, 0.29) is 11.9 Å². The van der Waals surface area contributed by atoms with E-state index in [9.17, 15) is 4.79 Å². The van der Waals surface area contributed by atoms with Crippen LogP contribution >= 0.6 is 0 Å². The Labute approximate surface area is 173 Å². The maximum atomic E-state index is 12.8. The number of rotatable bonds is 6. The fourth-order valence-corrected chi connectivity index (χ4v) is 2.89. The van der Waals surface area contributed by atoms with Crippen LogP contribution in [0.15, 0.2) is 67.5 Å². The second-order valence-corrected chi connectivity index (χ2v) is 6.85. The van der Waals surface area contributed by atoms with Crippen molar-refractivity contribution in [2.24, 2.45) is 0 Å². The molecule has 0 saturated carbocycles. The first kappa shape index (κ1) is 19.2. The van der Waals surface area contributed by atoms with Crippen molar-refractivity contribution in [2.75, 3.05) is 10.6 Å². The lowest BCUT2D eigenvalue weighted by atomic mass is 10.2. The van der Waals surface area contributed by atoms with E-state index >= 15 is 0 Å². The van der Waals surface area contributed by atoms with Crippen molar-refractivity contribution >= 4 is 23.1 Å². The van der Waals surface area contributed by atoms with Crippen LogP contribution in [0.3, 0.4) is 0 Å². The molecular formula is C21H20N8O. The molecule has 0 atom stereocenters. The summed E-state index contributed by atoms with van der Waals surface area (Å²) >= 11 is 0. The predicted octanol–water partition coefficient (Wildman–Crippen LogP) is 3.71. The smallest absolute Gasteiger partial charge is 0.256 e. The molecule has 0 bridgehead atoms. The summed E-state index contributed by atoms with van der Waals surface area (Å²) in [7, 11) is 0. The van der Waals surface area contributed by atoms with E-state index < -0.39 is 0 Å². The molecule has 4 aromatic rings. The highest BCUT2D eigenvalue weighted by Gasteiger charge is 2.13. The zero-order valence-corrected chi connectivity index (χ0v) is 16.5. The highest BCUT2D eigenvalue weighted by molar-refractivity contribution is 6.04. The summed E-state index contributed by atoms with van der Waals surface area (Å²) in [6, 6.07) is 12.7. The van der Waals surface area contributed by atoms with Crippen molar-refractivity contribution in [1.29, 1.82) is 0 Å². The molecule has 4 rings (SSSR count). The first-order valence-electron chi connectivity index (χ1n) is 9.40. The average molecular weight is 400 g/mol. The van der Waals surface area contributed by atoms with Crippen molar-refractivity contribution in [3.8, 4) is 11.5 Å². The van der Waals surface area contributed by atoms with Crippen molar-refractivity contribution in [1.82, 2.24) is 29.7 Å². The molecule has 3 aromatic heterocycles. The largest absolute Gasteiger partial charge is 0.353 e. The number of benzene rings is 1. The van der Waals surface area contributed by atoms with Gasteiger partial charge in [0.2, 0.25) is 0 Å². The molecule has 9 nitrogen and oxygen atoms in total. The normalized spacial score (nSPS) is 10.8. The summed E-state index contributed by atoms with van der Waals surface area (Å²) in [5, 5.41) is 14.1. The van der Waals surface area contributed by atoms with E-state index in [2.05, 4.69) is 35.8 Å². The van der Waals surface area contributed by atoms with Gasteiger partial charge in [-0.15, -0.1) is 10.2 Å². The minimum absolute atomic E-state index is 0.195. The van der Waals surface area contributed by atoms with Gasteiger partial charge in [-0.25, -0.2) is 15.0 Å². The molecule has 9 heteroatoms. The van der Waals surface area contributed by atoms with Crippen LogP contribution in [0, 0.1) is 0 Å². The molecule has 0 aliphatic rings. The standard InChI is InChI=1S/C21H20N8O/c1-14(2)29-13-24-28-20(29)18-7-4-8-19(26-18)27-21(30)15-5-3-6-16(9-15)25-17-10-22-12-23-11-17/h3-14,25H,1-2H3,(H,26,27,30). The van der Waals surface area contributed by atoms with Crippen molar-refractivity contribution in [3.05, 3.63) is 73.1 Å². The van der Waals surface area contributed by atoms with Gasteiger partial charge in [-0.2, -0.15) is 0 Å². The van der Waals surface area contributed by atoms with E-state index in [1.165, 1.54) is 6.33 Å². The molecular weight excluding hydrogens is 380 g/mol. The summed E-state index contributed by atoms with van der Waals surface area (Å²) in [4.78, 5) is 25.2. The van der Waals surface area contributed by atoms with E-state index in [4.69, 9.17) is 0 Å². The van der Waals surface area contributed by atoms with E-state index in [0.29, 0.717) is 22.9 Å². The minimum atomic E-state index is -0.266. The number of nitrogens with one attached hydrogen (secondary N) is 2. The Hall–Kier alpha value is -4.14. The van der Waals surface area contributed by atoms with Crippen molar-refractivity contribution in [3.63, 3.8) is 0 Å². The van der Waals surface area contributed by atoms with Gasteiger partial charge in [0.15, 0.2) is 5.82 Å². The molecule has 0 saturated heterocycles. The van der Waals surface area contributed by atoms with Crippen molar-refractivity contribution < 1.29 is 4.79 Å². The highest BCUT2D eigenvalue weighted by atomic mass is 16.1. The van der Waals surface area contributed by atoms with Crippen LogP contribution in [-0.4, -0.2) is 35.6 Å². The van der Waals surface area contributed by atoms with Gasteiger partial charge < -0.3 is 15.2 Å². The van der Waals surface area contributed by atoms with Gasteiger partial charge in [-0.3, -0.25) is 4.79 Å². The highest BCUT2D eigenvalue weighted by Crippen LogP contribution is 2.21. The van der Waals surface area contributed by atoms with E-state index in [1.54, 1.807) is 43.0 Å². The van der Waals surface area contributed by atoms with Crippen LogP contribution in [0.4, 0.5) is 17.2 Å². The average Bonchev–Trinajstić information content (AvgIpc) is 3.25. The molecule has 30 heavy (non-hydrogen) atoms. The molecule has 2 N–H and O–H groups in total. The molecule has 0 radical (unpaired) electrons. The van der Waals surface area contributed by atoms with Gasteiger partial charge >= 0.3 is 0 Å². The zero-order valence-electron chi connectivity index (χ0n) is 16.5. The second kappa shape index (κ2) is 8.48. The summed E-state index contributed by atoms with van der Waals surface area (Å²) < 4.78 is 1.93. The summed E-state index contributed by atoms with van der Waals surface area (Å²) in [5.74, 6) is 0.820. The zero-order chi connectivity index (χ0) is 20.9. The lowest BCUT2D eigenvalue weighted by molar-refractivity contribution is 0.102. The van der Waals surface area contributed by atoms with Crippen LogP contribution in [0.1, 0.15) is 30.2 Å². The predicted molar refractivity (Wildman–Crippen MR) is 113 cm³/mol. The fraction of sp³-hybridized carbons (Fsp3) is 0.143. The number of carbonyl (C=O) groups is 1. The van der Waals surface area contributed by atoms with Gasteiger partial charge in [-0.05, 0) is 44.2 Å². The molecule has 0 aliphatic heterocycles. The Morgan fingerprint density at radius 1 is 1.03 bits per heavy atom. The molecule has 150 valence electrons. The third kappa shape index (κ3) is 4.30. The minimum Gasteiger partial charge on any atom is -0.353 e. The molecule has 1 aromatic carbocycles. The molecule has 3 heterocycles. The lowest BCUT2D eigenvalue weighted by Gasteiger charge is -2.11. The number of hydrogen-bond acceptors (Lipinski definition) is 7. The number of anilines is 3. The second-order valence-electron chi connectivity index (χ2n) is 6.85. The molecule has 1 amide bonds. The Kier molecular flexibility index (Phi) is 5.42. The number of carbonyl (C=O) groups excluding carboxylic acids is 1. The Morgan fingerprint density at radius 3 is 2.63 bits per heavy atom. The maximum absolute atomic E-state index is 12.8. The van der Waals surface area contributed by atoms with Gasteiger partial charge in [0.1, 0.15) is 24.2 Å². The van der Waals surface area contributed by atoms with Crippen LogP contribution in [0.2, 0.25) is 0 Å². The van der Waals surface area contributed by atoms with Gasteiger partial charge in [0.05, 0.1) is 18.1 Å². The number of hydrogen-bond donors (Lipinski definition) is 2. The quantitative estimate of drug-likeness (QED) is 0.507. The SMILES string of the molecule is CC(C)n1cnnc1-c1cccc(NC(=O)c2cccc(Nc3cncnc3)c2)n1. The number of pyridine rings is 1. The number of nitrogens with zero attached hydrogens (tertiary/aromatic N) is 6. The Morgan fingerprint density at radius 2 is 1.83 bits per heavy atom. The van der Waals surface area contributed by atoms with Gasteiger partial charge in [0.25, 0.3) is 5.91 Å². The summed E-state index contributed by atoms with van der Waals surface area (Å²) in [6.45, 7) is 4.09. The van der Waals surface area contributed by atoms with Gasteiger partial charge in [0, 0.05) is 17.3 Å². The molecule has 0 aliphatic carbocycles. The number of aromatic nitrogens is 6. The summed E-state index contributed by atoms with van der Waals surface area (Å²) in [5.41, 5.74) is 2.62. The molecule has 0 fully saturated rings. The lowest BCUT2D eigenvalue weighted by Crippen LogP contribution is -2.13. The molecule has 0 unspecified atom stereocenters. The van der Waals surface area contributed by atoms with Crippen molar-refractivity contribution in [2.45, 2.75) is 19.9 Å². The van der Waals surface area contributed by atoms with Crippen LogP contribution < -0.4 is 10.6 Å². The first-order valence-corrected chi connectivity index (χ1v) is 9.40. The third-order valence-corrected chi connectivity index (χ3v) is 4.32. The third-order valence-electron chi connectivity index (χ3n) is 4.32. The van der Waals surface area contributed by atoms with Crippen LogP contribution in [0.25, 0.3) is 11.5 Å². The Balaban J connectivity index is 1.52. The first-order chi connectivity index (χ1) is 14.6. The monoisotopic (exact) mass is 400 g/mol.